The number of benzene rings is 1. The highest BCUT2D eigenvalue weighted by molar-refractivity contribution is 6.37. The van der Waals surface area contributed by atoms with Crippen molar-refractivity contribution in [1.29, 1.82) is 0 Å². The summed E-state index contributed by atoms with van der Waals surface area (Å²) < 4.78 is 18.3. The van der Waals surface area contributed by atoms with E-state index in [1.165, 1.54) is 18.1 Å². The predicted octanol–water partition coefficient (Wildman–Crippen LogP) is 2.99. The van der Waals surface area contributed by atoms with E-state index in [-0.39, 0.29) is 21.3 Å². The van der Waals surface area contributed by atoms with Gasteiger partial charge in [0.25, 0.3) is 0 Å². The van der Waals surface area contributed by atoms with E-state index in [0.717, 1.165) is 0 Å². The zero-order valence-corrected chi connectivity index (χ0v) is 10.5. The van der Waals surface area contributed by atoms with E-state index >= 15 is 0 Å². The molecular weight excluding hydrogens is 256 g/mol. The second-order valence-corrected chi connectivity index (χ2v) is 4.08. The first-order chi connectivity index (χ1) is 7.40. The number of anilines is 1. The molecule has 1 aromatic carbocycles. The maximum absolute atomic E-state index is 13.7. The Balaban J connectivity index is 3.57. The molecule has 88 valence electrons. The lowest BCUT2D eigenvalue weighted by molar-refractivity contribution is 0.0601. The summed E-state index contributed by atoms with van der Waals surface area (Å²) in [7, 11) is 4.36. The highest BCUT2D eigenvalue weighted by Gasteiger charge is 2.23. The highest BCUT2D eigenvalue weighted by Crippen LogP contribution is 2.34. The maximum Gasteiger partial charge on any atom is 0.341 e. The molecule has 0 aliphatic heterocycles. The number of hydrogen-bond donors (Lipinski definition) is 0. The van der Waals surface area contributed by atoms with Crippen molar-refractivity contribution in [1.82, 2.24) is 0 Å². The first-order valence-corrected chi connectivity index (χ1v) is 5.08. The first kappa shape index (κ1) is 13.1. The molecule has 0 bridgehead atoms. The Bertz CT molecular complexity index is 435. The molecule has 1 aromatic rings. The van der Waals surface area contributed by atoms with Crippen LogP contribution in [0.1, 0.15) is 10.4 Å². The SMILES string of the molecule is COC(=O)c1c(Cl)cc(Cl)c(F)c1N(C)C. The average Bonchev–Trinajstić information content (AvgIpc) is 2.21. The van der Waals surface area contributed by atoms with Gasteiger partial charge in [-0.25, -0.2) is 9.18 Å². The monoisotopic (exact) mass is 265 g/mol. The van der Waals surface area contributed by atoms with Crippen molar-refractivity contribution in [3.8, 4) is 0 Å². The van der Waals surface area contributed by atoms with Gasteiger partial charge in [0.05, 0.1) is 22.8 Å². The third kappa shape index (κ3) is 2.23. The average molecular weight is 266 g/mol. The third-order valence-electron chi connectivity index (χ3n) is 1.98. The molecule has 0 heterocycles. The van der Waals surface area contributed by atoms with E-state index < -0.39 is 11.8 Å². The lowest BCUT2D eigenvalue weighted by Crippen LogP contribution is -2.17. The van der Waals surface area contributed by atoms with Gasteiger partial charge in [-0.3, -0.25) is 0 Å². The number of halogens is 3. The number of rotatable bonds is 2. The standard InChI is InChI=1S/C10H10Cl2FNO2/c1-14(2)9-7(10(15)16-3)5(11)4-6(12)8(9)13/h4H,1-3H3. The van der Waals surface area contributed by atoms with Crippen LogP contribution in [0.2, 0.25) is 10.0 Å². The second kappa shape index (κ2) is 4.89. The van der Waals surface area contributed by atoms with Gasteiger partial charge in [0, 0.05) is 14.1 Å². The quantitative estimate of drug-likeness (QED) is 0.608. The van der Waals surface area contributed by atoms with Crippen molar-refractivity contribution in [2.45, 2.75) is 0 Å². The molecule has 0 N–H and O–H groups in total. The molecule has 0 aliphatic rings. The number of esters is 1. The van der Waals surface area contributed by atoms with Gasteiger partial charge in [0.1, 0.15) is 5.56 Å². The van der Waals surface area contributed by atoms with Gasteiger partial charge in [-0.15, -0.1) is 0 Å². The van der Waals surface area contributed by atoms with Gasteiger partial charge in [0.15, 0.2) is 5.82 Å². The summed E-state index contributed by atoms with van der Waals surface area (Å²) in [5.41, 5.74) is -0.0135. The summed E-state index contributed by atoms with van der Waals surface area (Å²) in [6.07, 6.45) is 0. The summed E-state index contributed by atoms with van der Waals surface area (Å²) in [6.45, 7) is 0. The largest absolute Gasteiger partial charge is 0.465 e. The van der Waals surface area contributed by atoms with Gasteiger partial charge in [-0.1, -0.05) is 23.2 Å². The fourth-order valence-corrected chi connectivity index (χ4v) is 1.83. The van der Waals surface area contributed by atoms with Crippen LogP contribution in [0.15, 0.2) is 6.07 Å². The molecular formula is C10H10Cl2FNO2. The summed E-state index contributed by atoms with van der Waals surface area (Å²) in [5.74, 6) is -1.40. The zero-order valence-electron chi connectivity index (χ0n) is 8.97. The van der Waals surface area contributed by atoms with Crippen molar-refractivity contribution in [3.05, 3.63) is 27.5 Å². The summed E-state index contributed by atoms with van der Waals surface area (Å²) >= 11 is 11.5. The molecule has 0 fully saturated rings. The van der Waals surface area contributed by atoms with E-state index in [9.17, 15) is 9.18 Å². The van der Waals surface area contributed by atoms with Crippen molar-refractivity contribution in [2.75, 3.05) is 26.1 Å². The van der Waals surface area contributed by atoms with Crippen LogP contribution in [0.4, 0.5) is 10.1 Å². The van der Waals surface area contributed by atoms with Crippen LogP contribution < -0.4 is 4.90 Å². The molecule has 16 heavy (non-hydrogen) atoms. The minimum Gasteiger partial charge on any atom is -0.465 e. The summed E-state index contributed by atoms with van der Waals surface area (Å²) in [5, 5.41) is -0.0803. The maximum atomic E-state index is 13.7. The normalized spacial score (nSPS) is 10.1. The lowest BCUT2D eigenvalue weighted by atomic mass is 10.1. The molecule has 0 spiro atoms. The van der Waals surface area contributed by atoms with Crippen molar-refractivity contribution in [2.24, 2.45) is 0 Å². The van der Waals surface area contributed by atoms with Crippen LogP contribution in [0.5, 0.6) is 0 Å². The Morgan fingerprint density at radius 2 is 1.94 bits per heavy atom. The number of methoxy groups -OCH3 is 1. The van der Waals surface area contributed by atoms with Gasteiger partial charge < -0.3 is 9.64 Å². The minimum atomic E-state index is -0.704. The molecule has 0 unspecified atom stereocenters. The van der Waals surface area contributed by atoms with Crippen molar-refractivity contribution < 1.29 is 13.9 Å². The first-order valence-electron chi connectivity index (χ1n) is 4.33. The fraction of sp³-hybridized carbons (Fsp3) is 0.300. The van der Waals surface area contributed by atoms with Gasteiger partial charge in [-0.05, 0) is 6.07 Å². The van der Waals surface area contributed by atoms with Crippen LogP contribution in [0.3, 0.4) is 0 Å². The molecule has 1 rings (SSSR count). The predicted molar refractivity (Wildman–Crippen MR) is 62.1 cm³/mol. The van der Waals surface area contributed by atoms with E-state index in [4.69, 9.17) is 23.2 Å². The van der Waals surface area contributed by atoms with E-state index in [1.807, 2.05) is 0 Å². The van der Waals surface area contributed by atoms with E-state index in [1.54, 1.807) is 14.1 Å². The van der Waals surface area contributed by atoms with Crippen LogP contribution >= 0.6 is 23.2 Å². The third-order valence-corrected chi connectivity index (χ3v) is 2.56. The van der Waals surface area contributed by atoms with Crippen LogP contribution in [0.25, 0.3) is 0 Å². The van der Waals surface area contributed by atoms with Crippen LogP contribution in [-0.2, 0) is 4.74 Å². The summed E-state index contributed by atoms with van der Waals surface area (Å²) in [4.78, 5) is 12.9. The molecule has 0 saturated carbocycles. The number of nitrogens with zero attached hydrogens (tertiary/aromatic N) is 1. The molecule has 6 heteroatoms. The fourth-order valence-electron chi connectivity index (χ4n) is 1.30. The second-order valence-electron chi connectivity index (χ2n) is 3.26. The number of ether oxygens (including phenoxy) is 1. The van der Waals surface area contributed by atoms with Crippen LogP contribution in [-0.4, -0.2) is 27.2 Å². The Kier molecular flexibility index (Phi) is 3.99. The molecule has 0 aliphatic carbocycles. The summed E-state index contributed by atoms with van der Waals surface area (Å²) in [6, 6.07) is 1.18. The number of carbonyl (C=O) groups is 1. The smallest absolute Gasteiger partial charge is 0.341 e. The molecule has 0 amide bonds. The Morgan fingerprint density at radius 3 is 2.38 bits per heavy atom. The van der Waals surface area contributed by atoms with Crippen molar-refractivity contribution >= 4 is 34.9 Å². The molecule has 0 aromatic heterocycles. The Morgan fingerprint density at radius 1 is 1.38 bits per heavy atom. The lowest BCUT2D eigenvalue weighted by Gasteiger charge is -2.18. The minimum absolute atomic E-state index is 0.0179. The number of hydrogen-bond acceptors (Lipinski definition) is 3. The van der Waals surface area contributed by atoms with Gasteiger partial charge in [0.2, 0.25) is 0 Å². The van der Waals surface area contributed by atoms with Crippen molar-refractivity contribution in [3.63, 3.8) is 0 Å². The molecule has 3 nitrogen and oxygen atoms in total. The topological polar surface area (TPSA) is 29.5 Å². The zero-order chi connectivity index (χ0) is 12.5. The van der Waals surface area contributed by atoms with Gasteiger partial charge in [-0.2, -0.15) is 0 Å². The Hall–Kier alpha value is -1.00. The molecule has 0 saturated heterocycles. The highest BCUT2D eigenvalue weighted by atomic mass is 35.5. The van der Waals surface area contributed by atoms with Gasteiger partial charge >= 0.3 is 5.97 Å². The Labute approximate surface area is 103 Å². The van der Waals surface area contributed by atoms with E-state index in [2.05, 4.69) is 4.74 Å². The molecule has 0 atom stereocenters. The molecule has 0 radical (unpaired) electrons. The van der Waals surface area contributed by atoms with E-state index in [0.29, 0.717) is 0 Å². The van der Waals surface area contributed by atoms with Crippen LogP contribution in [0, 0.1) is 5.82 Å². The number of carbonyl (C=O) groups excluding carboxylic acids is 1.